The molecule has 128 valence electrons. The summed E-state index contributed by atoms with van der Waals surface area (Å²) in [5.74, 6) is 0.156. The van der Waals surface area contributed by atoms with E-state index in [2.05, 4.69) is 19.2 Å². The van der Waals surface area contributed by atoms with Gasteiger partial charge in [-0.1, -0.05) is 26.7 Å². The van der Waals surface area contributed by atoms with E-state index in [1.54, 1.807) is 0 Å². The highest BCUT2D eigenvalue weighted by Crippen LogP contribution is 2.30. The molecular formula is C16H30ClN3O2. The number of nitrogens with one attached hydrogen (secondary N) is 1. The molecule has 1 saturated carbocycles. The second-order valence-electron chi connectivity index (χ2n) is 7.15. The Balaban J connectivity index is 0.00000242. The third-order valence-corrected chi connectivity index (χ3v) is 5.40. The predicted molar refractivity (Wildman–Crippen MR) is 89.8 cm³/mol. The van der Waals surface area contributed by atoms with E-state index in [4.69, 9.17) is 5.73 Å². The number of carbonyl (C=O) groups excluding carboxylic acids is 2. The van der Waals surface area contributed by atoms with Crippen molar-refractivity contribution in [1.29, 1.82) is 0 Å². The largest absolute Gasteiger partial charge is 0.349 e. The smallest absolute Gasteiger partial charge is 0.225 e. The van der Waals surface area contributed by atoms with E-state index in [-0.39, 0.29) is 36.1 Å². The van der Waals surface area contributed by atoms with Gasteiger partial charge >= 0.3 is 0 Å². The van der Waals surface area contributed by atoms with E-state index in [0.717, 1.165) is 12.8 Å². The average Bonchev–Trinajstić information content (AvgIpc) is 3.07. The van der Waals surface area contributed by atoms with Crippen LogP contribution in [0.25, 0.3) is 0 Å². The molecule has 0 spiro atoms. The minimum Gasteiger partial charge on any atom is -0.349 e. The van der Waals surface area contributed by atoms with Gasteiger partial charge in [0.05, 0.1) is 11.5 Å². The SMILES string of the molecule is CC(C)C(C)(CN)NC(=O)C1CC(=O)N(C2CCCC2)C1.Cl. The van der Waals surface area contributed by atoms with E-state index in [0.29, 0.717) is 25.6 Å². The lowest BCUT2D eigenvalue weighted by Crippen LogP contribution is -2.56. The Hall–Kier alpha value is -0.810. The Kier molecular flexibility index (Phi) is 6.68. The van der Waals surface area contributed by atoms with Gasteiger partial charge in [0.1, 0.15) is 0 Å². The lowest BCUT2D eigenvalue weighted by molar-refractivity contribution is -0.130. The van der Waals surface area contributed by atoms with Crippen molar-refractivity contribution in [3.8, 4) is 0 Å². The molecule has 0 aromatic heterocycles. The zero-order valence-electron chi connectivity index (χ0n) is 13.9. The molecule has 0 aromatic carbocycles. The molecule has 0 aromatic rings. The standard InChI is InChI=1S/C16H29N3O2.ClH/c1-11(2)16(3,10-17)18-15(21)12-8-14(20)19(9-12)13-6-4-5-7-13;/h11-13H,4-10,17H2,1-3H3,(H,18,21);1H. The maximum absolute atomic E-state index is 12.5. The first kappa shape index (κ1) is 19.2. The van der Waals surface area contributed by atoms with Gasteiger partial charge in [0.25, 0.3) is 0 Å². The normalized spacial score (nSPS) is 25.2. The van der Waals surface area contributed by atoms with E-state index in [1.807, 2.05) is 11.8 Å². The Morgan fingerprint density at radius 1 is 1.41 bits per heavy atom. The van der Waals surface area contributed by atoms with Crippen LogP contribution < -0.4 is 11.1 Å². The van der Waals surface area contributed by atoms with E-state index < -0.39 is 5.54 Å². The Bertz CT molecular complexity index is 410. The van der Waals surface area contributed by atoms with E-state index in [1.165, 1.54) is 12.8 Å². The summed E-state index contributed by atoms with van der Waals surface area (Å²) in [4.78, 5) is 26.6. The summed E-state index contributed by atoms with van der Waals surface area (Å²) < 4.78 is 0. The number of nitrogens with zero attached hydrogens (tertiary/aromatic N) is 1. The molecule has 1 heterocycles. The molecule has 2 unspecified atom stereocenters. The summed E-state index contributed by atoms with van der Waals surface area (Å²) in [6.07, 6.45) is 4.92. The molecule has 1 saturated heterocycles. The van der Waals surface area contributed by atoms with Crippen LogP contribution >= 0.6 is 12.4 Å². The van der Waals surface area contributed by atoms with Crippen LogP contribution in [0.3, 0.4) is 0 Å². The number of halogens is 1. The molecule has 0 bridgehead atoms. The number of amides is 2. The quantitative estimate of drug-likeness (QED) is 0.805. The summed E-state index contributed by atoms with van der Waals surface area (Å²) in [5, 5.41) is 3.07. The molecule has 3 N–H and O–H groups in total. The lowest BCUT2D eigenvalue weighted by Gasteiger charge is -2.34. The van der Waals surface area contributed by atoms with Crippen LogP contribution in [0.4, 0.5) is 0 Å². The number of nitrogens with two attached hydrogens (primary N) is 1. The van der Waals surface area contributed by atoms with Crippen molar-refractivity contribution in [3.63, 3.8) is 0 Å². The summed E-state index contributed by atoms with van der Waals surface area (Å²) >= 11 is 0. The molecule has 2 atom stereocenters. The summed E-state index contributed by atoms with van der Waals surface area (Å²) in [5.41, 5.74) is 5.42. The molecule has 6 heteroatoms. The topological polar surface area (TPSA) is 75.4 Å². The molecule has 22 heavy (non-hydrogen) atoms. The first-order valence-corrected chi connectivity index (χ1v) is 8.19. The van der Waals surface area contributed by atoms with Gasteiger partial charge in [-0.15, -0.1) is 12.4 Å². The van der Waals surface area contributed by atoms with Gasteiger partial charge in [-0.25, -0.2) is 0 Å². The molecule has 0 radical (unpaired) electrons. The van der Waals surface area contributed by atoms with E-state index in [9.17, 15) is 9.59 Å². The molecule has 5 nitrogen and oxygen atoms in total. The maximum Gasteiger partial charge on any atom is 0.225 e. The predicted octanol–water partition coefficient (Wildman–Crippen LogP) is 1.69. The van der Waals surface area contributed by atoms with Crippen molar-refractivity contribution >= 4 is 24.2 Å². The first-order valence-electron chi connectivity index (χ1n) is 8.19. The van der Waals surface area contributed by atoms with Crippen LogP contribution in [0, 0.1) is 11.8 Å². The molecule has 1 aliphatic carbocycles. The summed E-state index contributed by atoms with van der Waals surface area (Å²) in [6, 6.07) is 0.362. The zero-order valence-corrected chi connectivity index (χ0v) is 14.7. The summed E-state index contributed by atoms with van der Waals surface area (Å²) in [6.45, 7) is 7.06. The molecule has 2 aliphatic rings. The average molecular weight is 332 g/mol. The van der Waals surface area contributed by atoms with Crippen LogP contribution in [-0.2, 0) is 9.59 Å². The minimum atomic E-state index is -0.402. The number of hydrogen-bond acceptors (Lipinski definition) is 3. The molecule has 2 rings (SSSR count). The molecule has 2 amide bonds. The van der Waals surface area contributed by atoms with Gasteiger partial charge in [0, 0.05) is 25.6 Å². The Labute approximate surface area is 139 Å². The highest BCUT2D eigenvalue weighted by Gasteiger charge is 2.40. The summed E-state index contributed by atoms with van der Waals surface area (Å²) in [7, 11) is 0. The molecule has 1 aliphatic heterocycles. The zero-order chi connectivity index (χ0) is 15.6. The number of hydrogen-bond donors (Lipinski definition) is 2. The van der Waals surface area contributed by atoms with Gasteiger partial charge in [0.15, 0.2) is 0 Å². The van der Waals surface area contributed by atoms with Gasteiger partial charge in [-0.3, -0.25) is 9.59 Å². The Morgan fingerprint density at radius 2 is 2.00 bits per heavy atom. The van der Waals surface area contributed by atoms with E-state index >= 15 is 0 Å². The Morgan fingerprint density at radius 3 is 2.50 bits per heavy atom. The van der Waals surface area contributed by atoms with Crippen LogP contribution in [0.1, 0.15) is 52.9 Å². The van der Waals surface area contributed by atoms with Gasteiger partial charge in [-0.2, -0.15) is 0 Å². The monoisotopic (exact) mass is 331 g/mol. The number of rotatable bonds is 5. The molecular weight excluding hydrogens is 302 g/mol. The van der Waals surface area contributed by atoms with Crippen molar-refractivity contribution in [2.75, 3.05) is 13.1 Å². The van der Waals surface area contributed by atoms with Crippen LogP contribution in [0.15, 0.2) is 0 Å². The van der Waals surface area contributed by atoms with Gasteiger partial charge in [-0.05, 0) is 25.7 Å². The highest BCUT2D eigenvalue weighted by atomic mass is 35.5. The second-order valence-corrected chi connectivity index (χ2v) is 7.15. The van der Waals surface area contributed by atoms with Crippen molar-refractivity contribution in [3.05, 3.63) is 0 Å². The third-order valence-electron chi connectivity index (χ3n) is 5.40. The van der Waals surface area contributed by atoms with Crippen LogP contribution in [0.5, 0.6) is 0 Å². The van der Waals surface area contributed by atoms with Gasteiger partial charge < -0.3 is 16.0 Å². The van der Waals surface area contributed by atoms with Gasteiger partial charge in [0.2, 0.25) is 11.8 Å². The number of carbonyl (C=O) groups is 2. The fourth-order valence-corrected chi connectivity index (χ4v) is 3.29. The van der Waals surface area contributed by atoms with Crippen molar-refractivity contribution in [2.45, 2.75) is 64.5 Å². The second kappa shape index (κ2) is 7.64. The fourth-order valence-electron chi connectivity index (χ4n) is 3.29. The third kappa shape index (κ3) is 3.93. The maximum atomic E-state index is 12.5. The number of likely N-dealkylation sites (tertiary alicyclic amines) is 1. The van der Waals surface area contributed by atoms with Crippen LogP contribution in [-0.4, -0.2) is 41.4 Å². The van der Waals surface area contributed by atoms with Crippen molar-refractivity contribution < 1.29 is 9.59 Å². The molecule has 2 fully saturated rings. The highest BCUT2D eigenvalue weighted by molar-refractivity contribution is 5.89. The van der Waals surface area contributed by atoms with Crippen molar-refractivity contribution in [2.24, 2.45) is 17.6 Å². The van der Waals surface area contributed by atoms with Crippen molar-refractivity contribution in [1.82, 2.24) is 10.2 Å². The minimum absolute atomic E-state index is 0. The van der Waals surface area contributed by atoms with Crippen LogP contribution in [0.2, 0.25) is 0 Å². The fraction of sp³-hybridized carbons (Fsp3) is 0.875. The lowest BCUT2D eigenvalue weighted by atomic mass is 9.87. The first-order chi connectivity index (χ1) is 9.87.